The fourth-order valence-corrected chi connectivity index (χ4v) is 4.22. The average Bonchev–Trinajstić information content (AvgIpc) is 2.32. The molecule has 1 saturated heterocycles. The van der Waals surface area contributed by atoms with Gasteiger partial charge in [-0.1, -0.05) is 15.9 Å². The highest BCUT2D eigenvalue weighted by Crippen LogP contribution is 2.25. The van der Waals surface area contributed by atoms with Gasteiger partial charge in [0.1, 0.15) is 10.7 Å². The van der Waals surface area contributed by atoms with Crippen LogP contribution in [-0.4, -0.2) is 38.4 Å². The molecule has 0 bridgehead atoms. The van der Waals surface area contributed by atoms with Gasteiger partial charge in [-0.15, -0.1) is 0 Å². The summed E-state index contributed by atoms with van der Waals surface area (Å²) >= 11 is 3.17. The predicted octanol–water partition coefficient (Wildman–Crippen LogP) is 1.57. The number of piperazine rings is 1. The van der Waals surface area contributed by atoms with Crippen molar-refractivity contribution in [1.82, 2.24) is 9.62 Å². The molecule has 0 saturated carbocycles. The molecule has 1 aliphatic rings. The summed E-state index contributed by atoms with van der Waals surface area (Å²) in [5, 5.41) is 3.10. The highest BCUT2D eigenvalue weighted by Gasteiger charge is 2.32. The Morgan fingerprint density at radius 2 is 2.22 bits per heavy atom. The zero-order valence-corrected chi connectivity index (χ0v) is 12.3. The Labute approximate surface area is 114 Å². The molecule has 0 aromatic heterocycles. The van der Waals surface area contributed by atoms with Crippen LogP contribution < -0.4 is 5.32 Å². The third-order valence-corrected chi connectivity index (χ3v) is 5.44. The number of sulfonamides is 1. The van der Waals surface area contributed by atoms with Gasteiger partial charge in [-0.2, -0.15) is 4.31 Å². The Balaban J connectivity index is 2.44. The van der Waals surface area contributed by atoms with E-state index in [9.17, 15) is 12.8 Å². The largest absolute Gasteiger partial charge is 0.314 e. The van der Waals surface area contributed by atoms with E-state index in [-0.39, 0.29) is 10.9 Å². The molecule has 0 aliphatic carbocycles. The molecule has 1 N–H and O–H groups in total. The second kappa shape index (κ2) is 5.24. The molecule has 1 atom stereocenters. The van der Waals surface area contributed by atoms with Gasteiger partial charge in [-0.3, -0.25) is 0 Å². The second-order valence-corrected chi connectivity index (χ2v) is 7.02. The van der Waals surface area contributed by atoms with E-state index in [1.807, 2.05) is 0 Å². The normalized spacial score (nSPS) is 22.1. The number of hydrogen-bond donors (Lipinski definition) is 1. The lowest BCUT2D eigenvalue weighted by atomic mass is 10.3. The molecule has 100 valence electrons. The van der Waals surface area contributed by atoms with Crippen LogP contribution in [0.15, 0.2) is 27.6 Å². The maximum atomic E-state index is 13.7. The van der Waals surface area contributed by atoms with Gasteiger partial charge in [0.2, 0.25) is 10.0 Å². The van der Waals surface area contributed by atoms with Crippen molar-refractivity contribution in [2.75, 3.05) is 19.6 Å². The number of halogens is 2. The first kappa shape index (κ1) is 13.9. The number of nitrogens with zero attached hydrogens (tertiary/aromatic N) is 1. The third kappa shape index (κ3) is 2.59. The highest BCUT2D eigenvalue weighted by atomic mass is 79.9. The van der Waals surface area contributed by atoms with Crippen molar-refractivity contribution in [3.05, 3.63) is 28.5 Å². The molecular weight excluding hydrogens is 323 g/mol. The van der Waals surface area contributed by atoms with Crippen LogP contribution in [0.4, 0.5) is 4.39 Å². The van der Waals surface area contributed by atoms with Crippen molar-refractivity contribution in [3.8, 4) is 0 Å². The van der Waals surface area contributed by atoms with E-state index in [1.54, 1.807) is 6.92 Å². The minimum Gasteiger partial charge on any atom is -0.314 e. The monoisotopic (exact) mass is 336 g/mol. The van der Waals surface area contributed by atoms with Crippen LogP contribution in [0.25, 0.3) is 0 Å². The Bertz CT molecular complexity index is 550. The van der Waals surface area contributed by atoms with Gasteiger partial charge in [0.05, 0.1) is 0 Å². The van der Waals surface area contributed by atoms with Crippen LogP contribution in [0.1, 0.15) is 6.92 Å². The van der Waals surface area contributed by atoms with E-state index >= 15 is 0 Å². The van der Waals surface area contributed by atoms with Crippen molar-refractivity contribution in [2.24, 2.45) is 0 Å². The quantitative estimate of drug-likeness (QED) is 0.891. The number of nitrogens with one attached hydrogen (secondary N) is 1. The summed E-state index contributed by atoms with van der Waals surface area (Å²) in [6.45, 7) is 3.32. The Kier molecular flexibility index (Phi) is 4.05. The molecule has 7 heteroatoms. The smallest absolute Gasteiger partial charge is 0.246 e. The first-order valence-corrected chi connectivity index (χ1v) is 7.84. The fourth-order valence-electron chi connectivity index (χ4n) is 1.98. The minimum absolute atomic E-state index is 0.179. The van der Waals surface area contributed by atoms with Crippen LogP contribution in [-0.2, 0) is 10.0 Å². The summed E-state index contributed by atoms with van der Waals surface area (Å²) in [6.07, 6.45) is 0. The molecule has 1 aliphatic heterocycles. The molecule has 0 amide bonds. The average molecular weight is 337 g/mol. The van der Waals surface area contributed by atoms with E-state index in [4.69, 9.17) is 0 Å². The molecule has 0 spiro atoms. The summed E-state index contributed by atoms with van der Waals surface area (Å²) in [4.78, 5) is -0.273. The molecule has 1 fully saturated rings. The fraction of sp³-hybridized carbons (Fsp3) is 0.455. The number of benzene rings is 1. The Morgan fingerprint density at radius 3 is 2.89 bits per heavy atom. The summed E-state index contributed by atoms with van der Waals surface area (Å²) in [5.41, 5.74) is 0. The van der Waals surface area contributed by atoms with Crippen LogP contribution >= 0.6 is 15.9 Å². The molecular formula is C11H14BrFN2O2S. The summed E-state index contributed by atoms with van der Waals surface area (Å²) in [7, 11) is -3.78. The van der Waals surface area contributed by atoms with E-state index in [1.165, 1.54) is 16.4 Å². The van der Waals surface area contributed by atoms with E-state index in [2.05, 4.69) is 21.2 Å². The number of hydrogen-bond acceptors (Lipinski definition) is 3. The second-order valence-electron chi connectivity index (χ2n) is 4.24. The van der Waals surface area contributed by atoms with Crippen LogP contribution in [0, 0.1) is 5.82 Å². The van der Waals surface area contributed by atoms with Gasteiger partial charge in [-0.25, -0.2) is 12.8 Å². The number of rotatable bonds is 2. The summed E-state index contributed by atoms with van der Waals surface area (Å²) < 4.78 is 40.4. The standard InChI is InChI=1S/C11H14BrFN2O2S/c1-8-7-14-4-5-15(8)18(16,17)11-6-9(12)2-3-10(11)13/h2-3,6,8,14H,4-5,7H2,1H3/t8-/m0/s1. The van der Waals surface area contributed by atoms with Crippen LogP contribution in [0.2, 0.25) is 0 Å². The van der Waals surface area contributed by atoms with Gasteiger partial charge in [0.25, 0.3) is 0 Å². The van der Waals surface area contributed by atoms with E-state index in [0.29, 0.717) is 24.1 Å². The SMILES string of the molecule is C[C@H]1CNCCN1S(=O)(=O)c1cc(Br)ccc1F. The predicted molar refractivity (Wildman–Crippen MR) is 70.3 cm³/mol. The maximum absolute atomic E-state index is 13.7. The zero-order valence-electron chi connectivity index (χ0n) is 9.86. The maximum Gasteiger partial charge on any atom is 0.246 e. The molecule has 1 aromatic rings. The van der Waals surface area contributed by atoms with Crippen LogP contribution in [0.5, 0.6) is 0 Å². The molecule has 0 unspecified atom stereocenters. The lowest BCUT2D eigenvalue weighted by molar-refractivity contribution is 0.283. The molecule has 18 heavy (non-hydrogen) atoms. The summed E-state index contributed by atoms with van der Waals surface area (Å²) in [5.74, 6) is -0.719. The topological polar surface area (TPSA) is 49.4 Å². The molecule has 2 rings (SSSR count). The lowest BCUT2D eigenvalue weighted by Crippen LogP contribution is -2.52. The van der Waals surface area contributed by atoms with Gasteiger partial charge >= 0.3 is 0 Å². The van der Waals surface area contributed by atoms with Crippen molar-refractivity contribution in [3.63, 3.8) is 0 Å². The van der Waals surface area contributed by atoms with Crippen molar-refractivity contribution in [2.45, 2.75) is 17.9 Å². The minimum atomic E-state index is -3.78. The molecule has 0 radical (unpaired) electrons. The Morgan fingerprint density at radius 1 is 1.50 bits per heavy atom. The molecule has 1 heterocycles. The van der Waals surface area contributed by atoms with Gasteiger partial charge in [-0.05, 0) is 25.1 Å². The van der Waals surface area contributed by atoms with Crippen molar-refractivity contribution < 1.29 is 12.8 Å². The first-order valence-electron chi connectivity index (χ1n) is 5.60. The van der Waals surface area contributed by atoms with E-state index in [0.717, 1.165) is 6.07 Å². The molecule has 1 aromatic carbocycles. The van der Waals surface area contributed by atoms with Crippen molar-refractivity contribution in [1.29, 1.82) is 0 Å². The summed E-state index contributed by atoms with van der Waals surface area (Å²) in [6, 6.07) is 3.76. The molecule has 4 nitrogen and oxygen atoms in total. The zero-order chi connectivity index (χ0) is 13.3. The highest BCUT2D eigenvalue weighted by molar-refractivity contribution is 9.10. The van der Waals surface area contributed by atoms with Crippen molar-refractivity contribution >= 4 is 26.0 Å². The van der Waals surface area contributed by atoms with E-state index < -0.39 is 15.8 Å². The lowest BCUT2D eigenvalue weighted by Gasteiger charge is -2.32. The third-order valence-electron chi connectivity index (χ3n) is 2.92. The van der Waals surface area contributed by atoms with Crippen LogP contribution in [0.3, 0.4) is 0 Å². The van der Waals surface area contributed by atoms with Gasteiger partial charge in [0.15, 0.2) is 0 Å². The van der Waals surface area contributed by atoms with Gasteiger partial charge < -0.3 is 5.32 Å². The van der Waals surface area contributed by atoms with Gasteiger partial charge in [0, 0.05) is 30.1 Å². The Hall–Kier alpha value is -0.500. The first-order chi connectivity index (χ1) is 8.43.